The van der Waals surface area contributed by atoms with Crippen molar-refractivity contribution in [2.45, 2.75) is 47.5 Å². The number of hydrogen-bond donors (Lipinski definition) is 2. The second-order valence-electron chi connectivity index (χ2n) is 6.83. The van der Waals surface area contributed by atoms with Gasteiger partial charge < -0.3 is 15.0 Å². The molecule has 1 amide bonds. The summed E-state index contributed by atoms with van der Waals surface area (Å²) in [6.07, 6.45) is 1.31. The Morgan fingerprint density at radius 2 is 2.04 bits per heavy atom. The van der Waals surface area contributed by atoms with E-state index < -0.39 is 0 Å². The number of aryl methyl sites for hydroxylation is 1. The average Bonchev–Trinajstić information content (AvgIpc) is 2.57. The SMILES string of the molecule is CCCOc1ccc(NC(=O)CC(C)C)cc1-c1nc(C)c(C)c(=O)[nH]1. The number of rotatable bonds is 7. The van der Waals surface area contributed by atoms with Crippen molar-refractivity contribution in [1.82, 2.24) is 9.97 Å². The van der Waals surface area contributed by atoms with E-state index in [0.717, 1.165) is 6.42 Å². The molecule has 0 radical (unpaired) electrons. The lowest BCUT2D eigenvalue weighted by Gasteiger charge is -2.14. The molecule has 0 bridgehead atoms. The summed E-state index contributed by atoms with van der Waals surface area (Å²) in [4.78, 5) is 31.5. The minimum absolute atomic E-state index is 0.0466. The number of H-pyrrole nitrogens is 1. The molecule has 0 aliphatic carbocycles. The Morgan fingerprint density at radius 3 is 2.65 bits per heavy atom. The fourth-order valence-electron chi connectivity index (χ4n) is 2.49. The summed E-state index contributed by atoms with van der Waals surface area (Å²) < 4.78 is 5.80. The number of nitrogens with zero attached hydrogens (tertiary/aromatic N) is 1. The molecule has 0 aliphatic heterocycles. The molecule has 26 heavy (non-hydrogen) atoms. The minimum atomic E-state index is -0.178. The van der Waals surface area contributed by atoms with Gasteiger partial charge in [-0.05, 0) is 44.4 Å². The summed E-state index contributed by atoms with van der Waals surface area (Å²) in [7, 11) is 0. The predicted molar refractivity (Wildman–Crippen MR) is 104 cm³/mol. The lowest BCUT2D eigenvalue weighted by atomic mass is 10.1. The number of carbonyl (C=O) groups excluding carboxylic acids is 1. The molecule has 140 valence electrons. The summed E-state index contributed by atoms with van der Waals surface area (Å²) in [6, 6.07) is 5.38. The number of benzene rings is 1. The van der Waals surface area contributed by atoms with Crippen LogP contribution in [0.2, 0.25) is 0 Å². The molecule has 2 N–H and O–H groups in total. The Hall–Kier alpha value is -2.63. The zero-order chi connectivity index (χ0) is 19.3. The number of nitrogens with one attached hydrogen (secondary N) is 2. The summed E-state index contributed by atoms with van der Waals surface area (Å²) in [6.45, 7) is 10.1. The van der Waals surface area contributed by atoms with Crippen molar-refractivity contribution in [3.05, 3.63) is 39.8 Å². The fourth-order valence-corrected chi connectivity index (χ4v) is 2.49. The molecule has 2 rings (SSSR count). The largest absolute Gasteiger partial charge is 0.493 e. The summed E-state index contributed by atoms with van der Waals surface area (Å²) >= 11 is 0. The molecule has 2 aromatic rings. The van der Waals surface area contributed by atoms with E-state index in [1.165, 1.54) is 0 Å². The van der Waals surface area contributed by atoms with Gasteiger partial charge in [-0.1, -0.05) is 20.8 Å². The van der Waals surface area contributed by atoms with Gasteiger partial charge in [-0.3, -0.25) is 9.59 Å². The number of aromatic nitrogens is 2. The van der Waals surface area contributed by atoms with Crippen LogP contribution in [0.25, 0.3) is 11.4 Å². The Bertz CT molecular complexity index is 841. The zero-order valence-electron chi connectivity index (χ0n) is 16.1. The van der Waals surface area contributed by atoms with Gasteiger partial charge in [0.2, 0.25) is 5.91 Å². The van der Waals surface area contributed by atoms with Gasteiger partial charge in [0.15, 0.2) is 0 Å². The maximum Gasteiger partial charge on any atom is 0.254 e. The Kier molecular flexibility index (Phi) is 6.55. The van der Waals surface area contributed by atoms with E-state index in [9.17, 15) is 9.59 Å². The normalized spacial score (nSPS) is 10.8. The Morgan fingerprint density at radius 1 is 1.31 bits per heavy atom. The van der Waals surface area contributed by atoms with E-state index in [-0.39, 0.29) is 17.4 Å². The quantitative estimate of drug-likeness (QED) is 0.789. The molecule has 0 saturated heterocycles. The first kappa shape index (κ1) is 19.7. The third-order valence-corrected chi connectivity index (χ3v) is 3.97. The van der Waals surface area contributed by atoms with Crippen LogP contribution in [0, 0.1) is 19.8 Å². The smallest absolute Gasteiger partial charge is 0.254 e. The maximum absolute atomic E-state index is 12.1. The predicted octanol–water partition coefficient (Wildman–Crippen LogP) is 3.83. The highest BCUT2D eigenvalue weighted by Gasteiger charge is 2.14. The molecule has 6 nitrogen and oxygen atoms in total. The molecule has 1 aromatic heterocycles. The molecular formula is C20H27N3O3. The van der Waals surface area contributed by atoms with Crippen molar-refractivity contribution in [3.63, 3.8) is 0 Å². The Labute approximate surface area is 154 Å². The zero-order valence-corrected chi connectivity index (χ0v) is 16.1. The lowest BCUT2D eigenvalue weighted by molar-refractivity contribution is -0.116. The topological polar surface area (TPSA) is 84.1 Å². The molecular weight excluding hydrogens is 330 g/mol. The van der Waals surface area contributed by atoms with E-state index in [4.69, 9.17) is 4.74 Å². The van der Waals surface area contributed by atoms with Crippen molar-refractivity contribution in [2.75, 3.05) is 11.9 Å². The van der Waals surface area contributed by atoms with Crippen LogP contribution in [0.15, 0.2) is 23.0 Å². The van der Waals surface area contributed by atoms with Crippen molar-refractivity contribution in [2.24, 2.45) is 5.92 Å². The lowest BCUT2D eigenvalue weighted by Crippen LogP contribution is -2.16. The molecule has 1 aromatic carbocycles. The van der Waals surface area contributed by atoms with Gasteiger partial charge in [-0.2, -0.15) is 0 Å². The van der Waals surface area contributed by atoms with Crippen LogP contribution in [0.5, 0.6) is 5.75 Å². The molecule has 6 heteroatoms. The molecule has 0 fully saturated rings. The number of ether oxygens (including phenoxy) is 1. The molecule has 0 atom stereocenters. The minimum Gasteiger partial charge on any atom is -0.493 e. The number of amides is 1. The van der Waals surface area contributed by atoms with Gasteiger partial charge in [0, 0.05) is 23.4 Å². The highest BCUT2D eigenvalue weighted by Crippen LogP contribution is 2.31. The van der Waals surface area contributed by atoms with Crippen LogP contribution in [-0.2, 0) is 4.79 Å². The Balaban J connectivity index is 2.44. The van der Waals surface area contributed by atoms with E-state index >= 15 is 0 Å². The number of hydrogen-bond acceptors (Lipinski definition) is 4. The van der Waals surface area contributed by atoms with Gasteiger partial charge >= 0.3 is 0 Å². The van der Waals surface area contributed by atoms with Crippen molar-refractivity contribution in [3.8, 4) is 17.1 Å². The van der Waals surface area contributed by atoms with Crippen LogP contribution < -0.4 is 15.6 Å². The van der Waals surface area contributed by atoms with Crippen molar-refractivity contribution >= 4 is 11.6 Å². The van der Waals surface area contributed by atoms with E-state index in [2.05, 4.69) is 15.3 Å². The van der Waals surface area contributed by atoms with Crippen molar-refractivity contribution < 1.29 is 9.53 Å². The molecule has 1 heterocycles. The molecule has 0 saturated carbocycles. The van der Waals surface area contributed by atoms with E-state index in [1.807, 2.05) is 20.8 Å². The average molecular weight is 357 g/mol. The first-order valence-electron chi connectivity index (χ1n) is 8.96. The summed E-state index contributed by atoms with van der Waals surface area (Å²) in [5.41, 5.74) is 2.38. The van der Waals surface area contributed by atoms with Crippen LogP contribution in [0.3, 0.4) is 0 Å². The third kappa shape index (κ3) is 4.94. The van der Waals surface area contributed by atoms with E-state index in [0.29, 0.717) is 47.1 Å². The third-order valence-electron chi connectivity index (χ3n) is 3.97. The highest BCUT2D eigenvalue weighted by molar-refractivity contribution is 5.91. The standard InChI is InChI=1S/C20H27N3O3/c1-6-9-26-17-8-7-15(22-18(24)10-12(2)3)11-16(17)19-21-14(5)13(4)20(25)23-19/h7-8,11-12H,6,9-10H2,1-5H3,(H,22,24)(H,21,23,25). The monoisotopic (exact) mass is 357 g/mol. The van der Waals surface area contributed by atoms with Gasteiger partial charge in [0.1, 0.15) is 11.6 Å². The molecule has 0 aliphatic rings. The first-order valence-corrected chi connectivity index (χ1v) is 8.96. The van der Waals surface area contributed by atoms with Crippen LogP contribution in [0.4, 0.5) is 5.69 Å². The van der Waals surface area contributed by atoms with Crippen molar-refractivity contribution in [1.29, 1.82) is 0 Å². The van der Waals surface area contributed by atoms with Gasteiger partial charge in [0.05, 0.1) is 12.2 Å². The number of aromatic amines is 1. The van der Waals surface area contributed by atoms with Crippen LogP contribution >= 0.6 is 0 Å². The summed E-state index contributed by atoms with van der Waals surface area (Å²) in [5.74, 6) is 1.29. The second-order valence-corrected chi connectivity index (χ2v) is 6.83. The summed E-state index contributed by atoms with van der Waals surface area (Å²) in [5, 5.41) is 2.89. The fraction of sp³-hybridized carbons (Fsp3) is 0.450. The van der Waals surface area contributed by atoms with E-state index in [1.54, 1.807) is 32.0 Å². The number of anilines is 1. The second kappa shape index (κ2) is 8.65. The van der Waals surface area contributed by atoms with Gasteiger partial charge in [-0.25, -0.2) is 4.98 Å². The molecule has 0 unspecified atom stereocenters. The first-order chi connectivity index (χ1) is 12.3. The van der Waals surface area contributed by atoms with Crippen LogP contribution in [-0.4, -0.2) is 22.5 Å². The molecule has 0 spiro atoms. The number of carbonyl (C=O) groups is 1. The van der Waals surface area contributed by atoms with Gasteiger partial charge in [-0.15, -0.1) is 0 Å². The highest BCUT2D eigenvalue weighted by atomic mass is 16.5. The van der Waals surface area contributed by atoms with Crippen LogP contribution in [0.1, 0.15) is 44.9 Å². The van der Waals surface area contributed by atoms with Gasteiger partial charge in [0.25, 0.3) is 5.56 Å². The maximum atomic E-state index is 12.1.